The second-order valence-corrected chi connectivity index (χ2v) is 11.0. The normalized spacial score (nSPS) is 17.9. The lowest BCUT2D eigenvalue weighted by Gasteiger charge is -2.32. The number of benzene rings is 2. The van der Waals surface area contributed by atoms with E-state index >= 15 is 0 Å². The number of carbonyl (C=O) groups excluding carboxylic acids is 1. The Hall–Kier alpha value is -4.57. The Bertz CT molecular complexity index is 1600. The maximum absolute atomic E-state index is 12.8. The maximum Gasteiger partial charge on any atom is 0.246 e. The molecule has 2 aliphatic rings. The SMILES string of the molecule is COc1ccc(-c2ccco2)cc1Nc1ncnc2cc(OC)c(OC3CCN(C(=O)/C=C/C4CCCN4C)CC3)cc12. The van der Waals surface area contributed by atoms with Crippen LogP contribution >= 0.6 is 0 Å². The molecule has 2 saturated heterocycles. The fraction of sp³-hybridized carbons (Fsp3) is 0.364. The van der Waals surface area contributed by atoms with E-state index in [0.29, 0.717) is 47.7 Å². The monoisotopic (exact) mass is 583 g/mol. The van der Waals surface area contributed by atoms with Crippen molar-refractivity contribution in [2.24, 2.45) is 0 Å². The van der Waals surface area contributed by atoms with E-state index in [-0.39, 0.29) is 12.0 Å². The van der Waals surface area contributed by atoms with Gasteiger partial charge in [0.05, 0.1) is 31.7 Å². The number of likely N-dealkylation sites (tertiary alicyclic amines) is 2. The summed E-state index contributed by atoms with van der Waals surface area (Å²) < 4.78 is 23.4. The molecule has 0 aliphatic carbocycles. The van der Waals surface area contributed by atoms with E-state index in [1.807, 2.05) is 53.4 Å². The van der Waals surface area contributed by atoms with Crippen molar-refractivity contribution in [2.45, 2.75) is 37.8 Å². The number of fused-ring (bicyclic) bond motifs is 1. The zero-order chi connectivity index (χ0) is 29.8. The van der Waals surface area contributed by atoms with Gasteiger partial charge >= 0.3 is 0 Å². The quantitative estimate of drug-likeness (QED) is 0.250. The molecule has 0 spiro atoms. The van der Waals surface area contributed by atoms with Gasteiger partial charge in [-0.25, -0.2) is 9.97 Å². The van der Waals surface area contributed by atoms with E-state index in [2.05, 4.69) is 27.2 Å². The largest absolute Gasteiger partial charge is 0.495 e. The lowest BCUT2D eigenvalue weighted by Crippen LogP contribution is -2.41. The Kier molecular flexibility index (Phi) is 8.46. The van der Waals surface area contributed by atoms with Gasteiger partial charge in [0.25, 0.3) is 0 Å². The summed E-state index contributed by atoms with van der Waals surface area (Å²) in [5.41, 5.74) is 2.35. The molecule has 2 aromatic heterocycles. The van der Waals surface area contributed by atoms with Gasteiger partial charge in [0, 0.05) is 55.1 Å². The van der Waals surface area contributed by atoms with Gasteiger partial charge in [0.1, 0.15) is 29.8 Å². The van der Waals surface area contributed by atoms with E-state index < -0.39 is 0 Å². The van der Waals surface area contributed by atoms with Crippen LogP contribution in [0.2, 0.25) is 0 Å². The predicted octanol–water partition coefficient (Wildman–Crippen LogP) is 5.67. The molecule has 2 aliphatic heterocycles. The van der Waals surface area contributed by atoms with Gasteiger partial charge in [0.15, 0.2) is 11.5 Å². The molecule has 10 heteroatoms. The van der Waals surface area contributed by atoms with Gasteiger partial charge < -0.3 is 28.8 Å². The Labute approximate surface area is 251 Å². The smallest absolute Gasteiger partial charge is 0.246 e. The second kappa shape index (κ2) is 12.7. The number of nitrogens with one attached hydrogen (secondary N) is 1. The molecular formula is C33H37N5O5. The maximum atomic E-state index is 12.8. The molecule has 1 N–H and O–H groups in total. The molecule has 2 fully saturated rings. The molecule has 1 unspecified atom stereocenters. The molecule has 0 radical (unpaired) electrons. The van der Waals surface area contributed by atoms with Crippen LogP contribution in [0.3, 0.4) is 0 Å². The van der Waals surface area contributed by atoms with Crippen LogP contribution in [-0.2, 0) is 4.79 Å². The predicted molar refractivity (Wildman–Crippen MR) is 165 cm³/mol. The molecule has 4 heterocycles. The third-order valence-electron chi connectivity index (χ3n) is 8.26. The summed E-state index contributed by atoms with van der Waals surface area (Å²) in [4.78, 5) is 26.0. The Morgan fingerprint density at radius 1 is 1.00 bits per heavy atom. The van der Waals surface area contributed by atoms with Crippen molar-refractivity contribution in [1.29, 1.82) is 0 Å². The van der Waals surface area contributed by atoms with Gasteiger partial charge in [-0.15, -0.1) is 0 Å². The average molecular weight is 584 g/mol. The molecule has 0 saturated carbocycles. The number of ether oxygens (including phenoxy) is 3. The fourth-order valence-corrected chi connectivity index (χ4v) is 5.80. The molecular weight excluding hydrogens is 546 g/mol. The first kappa shape index (κ1) is 28.5. The summed E-state index contributed by atoms with van der Waals surface area (Å²) in [7, 11) is 5.36. The van der Waals surface area contributed by atoms with Crippen LogP contribution in [0, 0.1) is 0 Å². The summed E-state index contributed by atoms with van der Waals surface area (Å²) in [6, 6.07) is 13.7. The van der Waals surface area contributed by atoms with Gasteiger partial charge in [-0.3, -0.25) is 9.69 Å². The zero-order valence-electron chi connectivity index (χ0n) is 24.8. The van der Waals surface area contributed by atoms with Crippen LogP contribution in [0.25, 0.3) is 22.2 Å². The Balaban J connectivity index is 1.18. The standard InChI is InChI=1S/C33H37N5O5/c1-37-14-4-6-23(37)9-11-32(39)38-15-12-24(13-16-38)43-31-19-25-26(20-30(31)41-3)34-21-35-33(25)36-27-18-22(8-10-29(27)40-2)28-7-5-17-42-28/h5,7-11,17-21,23-24H,4,6,12-16H2,1-3H3,(H,34,35,36)/b11-9+. The lowest BCUT2D eigenvalue weighted by molar-refractivity contribution is -0.127. The van der Waals surface area contributed by atoms with E-state index in [1.54, 1.807) is 26.6 Å². The van der Waals surface area contributed by atoms with Crippen molar-refractivity contribution >= 4 is 28.3 Å². The van der Waals surface area contributed by atoms with Crippen molar-refractivity contribution in [3.63, 3.8) is 0 Å². The van der Waals surface area contributed by atoms with E-state index in [0.717, 1.165) is 48.2 Å². The molecule has 1 atom stereocenters. The fourth-order valence-electron chi connectivity index (χ4n) is 5.80. The zero-order valence-corrected chi connectivity index (χ0v) is 24.8. The van der Waals surface area contributed by atoms with Crippen LogP contribution < -0.4 is 19.5 Å². The molecule has 224 valence electrons. The third-order valence-corrected chi connectivity index (χ3v) is 8.26. The van der Waals surface area contributed by atoms with E-state index in [4.69, 9.17) is 18.6 Å². The molecule has 1 amide bonds. The number of anilines is 2. The van der Waals surface area contributed by atoms with E-state index in [1.165, 1.54) is 12.7 Å². The third kappa shape index (κ3) is 6.29. The number of furan rings is 1. The second-order valence-electron chi connectivity index (χ2n) is 11.0. The Morgan fingerprint density at radius 2 is 1.84 bits per heavy atom. The molecule has 43 heavy (non-hydrogen) atoms. The van der Waals surface area contributed by atoms with Crippen LogP contribution in [0.4, 0.5) is 11.5 Å². The van der Waals surface area contributed by atoms with Gasteiger partial charge in [-0.2, -0.15) is 0 Å². The summed E-state index contributed by atoms with van der Waals surface area (Å²) in [5.74, 6) is 3.30. The highest BCUT2D eigenvalue weighted by atomic mass is 16.5. The molecule has 6 rings (SSSR count). The molecule has 10 nitrogen and oxygen atoms in total. The van der Waals surface area contributed by atoms with Crippen LogP contribution in [0.1, 0.15) is 25.7 Å². The minimum Gasteiger partial charge on any atom is -0.495 e. The summed E-state index contributed by atoms with van der Waals surface area (Å²) in [6.07, 6.45) is 10.7. The summed E-state index contributed by atoms with van der Waals surface area (Å²) in [6.45, 7) is 2.37. The van der Waals surface area contributed by atoms with Gasteiger partial charge in [0.2, 0.25) is 5.91 Å². The number of piperidine rings is 1. The Morgan fingerprint density at radius 3 is 2.56 bits per heavy atom. The van der Waals surface area contributed by atoms with Crippen molar-refractivity contribution in [2.75, 3.05) is 46.2 Å². The first-order valence-electron chi connectivity index (χ1n) is 14.7. The minimum atomic E-state index is -0.0496. The minimum absolute atomic E-state index is 0.0496. The van der Waals surface area contributed by atoms with Crippen molar-refractivity contribution in [1.82, 2.24) is 19.8 Å². The number of amides is 1. The number of hydrogen-bond donors (Lipinski definition) is 1. The molecule has 4 aromatic rings. The highest BCUT2D eigenvalue weighted by molar-refractivity contribution is 5.94. The first-order chi connectivity index (χ1) is 21.0. The number of hydrogen-bond acceptors (Lipinski definition) is 9. The van der Waals surface area contributed by atoms with Crippen molar-refractivity contribution in [3.8, 4) is 28.6 Å². The highest BCUT2D eigenvalue weighted by Gasteiger charge is 2.25. The van der Waals surface area contributed by atoms with Gasteiger partial charge in [-0.05, 0) is 62.8 Å². The topological polar surface area (TPSA) is 102 Å². The number of likely N-dealkylation sites (N-methyl/N-ethyl adjacent to an activating group) is 1. The first-order valence-corrected chi connectivity index (χ1v) is 14.7. The highest BCUT2D eigenvalue weighted by Crippen LogP contribution is 2.38. The van der Waals surface area contributed by atoms with Crippen LogP contribution in [0.15, 0.2) is 71.6 Å². The molecule has 2 aromatic carbocycles. The van der Waals surface area contributed by atoms with Crippen molar-refractivity contribution < 1.29 is 23.4 Å². The van der Waals surface area contributed by atoms with Gasteiger partial charge in [-0.1, -0.05) is 6.08 Å². The van der Waals surface area contributed by atoms with Crippen LogP contribution in [0.5, 0.6) is 17.2 Å². The average Bonchev–Trinajstić information content (AvgIpc) is 3.72. The summed E-state index contributed by atoms with van der Waals surface area (Å²) in [5, 5.41) is 4.20. The lowest BCUT2D eigenvalue weighted by atomic mass is 10.1. The number of rotatable bonds is 9. The van der Waals surface area contributed by atoms with Crippen molar-refractivity contribution in [3.05, 3.63) is 67.2 Å². The number of aromatic nitrogens is 2. The number of methoxy groups -OCH3 is 2. The molecule has 0 bridgehead atoms. The van der Waals surface area contributed by atoms with E-state index in [9.17, 15) is 4.79 Å². The summed E-state index contributed by atoms with van der Waals surface area (Å²) >= 11 is 0. The van der Waals surface area contributed by atoms with Crippen LogP contribution in [-0.4, -0.2) is 78.7 Å². The number of carbonyl (C=O) groups is 1. The number of nitrogens with zero attached hydrogens (tertiary/aromatic N) is 4.